The third kappa shape index (κ3) is 3.38. The van der Waals surface area contributed by atoms with Crippen LogP contribution in [-0.2, 0) is 13.1 Å². The minimum Gasteiger partial charge on any atom is -0.465 e. The second-order valence-corrected chi connectivity index (χ2v) is 5.40. The van der Waals surface area contributed by atoms with Crippen molar-refractivity contribution in [2.24, 2.45) is 5.73 Å². The molecule has 0 saturated carbocycles. The van der Waals surface area contributed by atoms with Crippen molar-refractivity contribution in [1.82, 2.24) is 9.80 Å². The first-order valence-electron chi connectivity index (χ1n) is 7.42. The minimum absolute atomic E-state index is 0.489. The predicted octanol–water partition coefficient (Wildman–Crippen LogP) is 1.96. The van der Waals surface area contributed by atoms with Crippen molar-refractivity contribution in [2.75, 3.05) is 26.2 Å². The molecule has 0 bridgehead atoms. The van der Waals surface area contributed by atoms with Crippen LogP contribution in [0.4, 0.5) is 0 Å². The molecule has 1 unspecified atom stereocenters. The molecular weight excluding hydrogens is 238 g/mol. The van der Waals surface area contributed by atoms with E-state index in [0.717, 1.165) is 37.2 Å². The Hall–Kier alpha value is -0.840. The Balaban J connectivity index is 1.92. The largest absolute Gasteiger partial charge is 0.465 e. The quantitative estimate of drug-likeness (QED) is 0.854. The first-order chi connectivity index (χ1) is 9.17. The van der Waals surface area contributed by atoms with Crippen molar-refractivity contribution in [1.29, 1.82) is 0 Å². The van der Waals surface area contributed by atoms with Gasteiger partial charge in [-0.1, -0.05) is 13.8 Å². The standard InChI is InChI=1S/C15H27N3O/c1-4-18(5-2)14-6-7-17(11-14)10-13-8-15(9-16)19-12(13)3/h8,14H,4-7,9-11,16H2,1-3H3. The highest BCUT2D eigenvalue weighted by molar-refractivity contribution is 5.20. The van der Waals surface area contributed by atoms with Gasteiger partial charge < -0.3 is 10.2 Å². The first kappa shape index (κ1) is 14.6. The van der Waals surface area contributed by atoms with E-state index in [1.54, 1.807) is 0 Å². The molecule has 0 spiro atoms. The summed E-state index contributed by atoms with van der Waals surface area (Å²) in [7, 11) is 0. The summed E-state index contributed by atoms with van der Waals surface area (Å²) in [5.41, 5.74) is 6.92. The van der Waals surface area contributed by atoms with Crippen LogP contribution in [0.5, 0.6) is 0 Å². The summed E-state index contributed by atoms with van der Waals surface area (Å²) in [5.74, 6) is 1.92. The van der Waals surface area contributed by atoms with Gasteiger partial charge in [0.15, 0.2) is 0 Å². The van der Waals surface area contributed by atoms with Crippen LogP contribution in [0.25, 0.3) is 0 Å². The van der Waals surface area contributed by atoms with Crippen LogP contribution in [0, 0.1) is 6.92 Å². The predicted molar refractivity (Wildman–Crippen MR) is 77.9 cm³/mol. The van der Waals surface area contributed by atoms with Gasteiger partial charge in [-0.2, -0.15) is 0 Å². The van der Waals surface area contributed by atoms with Crippen LogP contribution >= 0.6 is 0 Å². The number of likely N-dealkylation sites (N-methyl/N-ethyl adjacent to an activating group) is 1. The molecule has 1 saturated heterocycles. The molecule has 108 valence electrons. The molecule has 4 nitrogen and oxygen atoms in total. The number of aryl methyl sites for hydroxylation is 1. The topological polar surface area (TPSA) is 45.6 Å². The summed E-state index contributed by atoms with van der Waals surface area (Å²) in [5, 5.41) is 0. The maximum absolute atomic E-state index is 5.63. The Morgan fingerprint density at radius 3 is 2.74 bits per heavy atom. The summed E-state index contributed by atoms with van der Waals surface area (Å²) in [6.45, 7) is 12.7. The zero-order chi connectivity index (χ0) is 13.8. The van der Waals surface area contributed by atoms with Crippen molar-refractivity contribution in [3.05, 3.63) is 23.2 Å². The number of likely N-dealkylation sites (tertiary alicyclic amines) is 1. The molecule has 1 aliphatic heterocycles. The molecule has 0 aromatic carbocycles. The van der Waals surface area contributed by atoms with Gasteiger partial charge in [-0.3, -0.25) is 9.80 Å². The molecule has 1 aliphatic rings. The van der Waals surface area contributed by atoms with Gasteiger partial charge in [-0.25, -0.2) is 0 Å². The second-order valence-electron chi connectivity index (χ2n) is 5.40. The smallest absolute Gasteiger partial charge is 0.118 e. The van der Waals surface area contributed by atoms with Gasteiger partial charge in [-0.05, 0) is 32.5 Å². The monoisotopic (exact) mass is 265 g/mol. The molecule has 2 rings (SSSR count). The number of rotatable bonds is 6. The van der Waals surface area contributed by atoms with E-state index in [9.17, 15) is 0 Å². The normalized spacial score (nSPS) is 20.6. The van der Waals surface area contributed by atoms with E-state index in [1.807, 2.05) is 6.92 Å². The van der Waals surface area contributed by atoms with Gasteiger partial charge in [0, 0.05) is 31.2 Å². The van der Waals surface area contributed by atoms with Crippen LogP contribution in [0.15, 0.2) is 10.5 Å². The van der Waals surface area contributed by atoms with E-state index < -0.39 is 0 Å². The molecule has 0 radical (unpaired) electrons. The van der Waals surface area contributed by atoms with Gasteiger partial charge in [0.2, 0.25) is 0 Å². The van der Waals surface area contributed by atoms with Crippen LogP contribution in [0.2, 0.25) is 0 Å². The summed E-state index contributed by atoms with van der Waals surface area (Å²) in [6.07, 6.45) is 1.28. The number of nitrogens with zero attached hydrogens (tertiary/aromatic N) is 2. The molecule has 4 heteroatoms. The molecule has 1 fully saturated rings. The van der Waals surface area contributed by atoms with Gasteiger partial charge in [-0.15, -0.1) is 0 Å². The van der Waals surface area contributed by atoms with E-state index in [1.165, 1.54) is 25.1 Å². The number of nitrogens with two attached hydrogens (primary N) is 1. The Bertz CT molecular complexity index is 398. The van der Waals surface area contributed by atoms with Crippen molar-refractivity contribution in [2.45, 2.75) is 46.3 Å². The van der Waals surface area contributed by atoms with E-state index in [-0.39, 0.29) is 0 Å². The molecule has 19 heavy (non-hydrogen) atoms. The zero-order valence-electron chi connectivity index (χ0n) is 12.5. The number of furan rings is 1. The number of hydrogen-bond donors (Lipinski definition) is 1. The van der Waals surface area contributed by atoms with E-state index >= 15 is 0 Å². The highest BCUT2D eigenvalue weighted by Crippen LogP contribution is 2.21. The van der Waals surface area contributed by atoms with E-state index in [0.29, 0.717) is 6.54 Å². The van der Waals surface area contributed by atoms with Gasteiger partial charge in [0.1, 0.15) is 11.5 Å². The Labute approximate surface area is 116 Å². The van der Waals surface area contributed by atoms with Crippen LogP contribution < -0.4 is 5.73 Å². The lowest BCUT2D eigenvalue weighted by Gasteiger charge is -2.26. The van der Waals surface area contributed by atoms with Crippen molar-refractivity contribution >= 4 is 0 Å². The SMILES string of the molecule is CCN(CC)C1CCN(Cc2cc(CN)oc2C)C1. The Kier molecular flexibility index (Phi) is 5.02. The third-order valence-electron chi connectivity index (χ3n) is 4.24. The fraction of sp³-hybridized carbons (Fsp3) is 0.733. The average molecular weight is 265 g/mol. The molecule has 1 aromatic rings. The summed E-state index contributed by atoms with van der Waals surface area (Å²) in [6, 6.07) is 2.83. The van der Waals surface area contributed by atoms with Crippen molar-refractivity contribution in [3.8, 4) is 0 Å². The first-order valence-corrected chi connectivity index (χ1v) is 7.42. The molecule has 1 aromatic heterocycles. The molecular formula is C15H27N3O. The van der Waals surface area contributed by atoms with E-state index in [2.05, 4.69) is 29.7 Å². The molecule has 0 amide bonds. The highest BCUT2D eigenvalue weighted by atomic mass is 16.3. The Morgan fingerprint density at radius 1 is 1.42 bits per heavy atom. The lowest BCUT2D eigenvalue weighted by atomic mass is 10.2. The fourth-order valence-electron chi connectivity index (χ4n) is 3.08. The lowest BCUT2D eigenvalue weighted by Crippen LogP contribution is -2.37. The fourth-order valence-corrected chi connectivity index (χ4v) is 3.08. The molecule has 0 aliphatic carbocycles. The summed E-state index contributed by atoms with van der Waals surface area (Å²) in [4.78, 5) is 5.09. The van der Waals surface area contributed by atoms with Gasteiger partial charge in [0.25, 0.3) is 0 Å². The van der Waals surface area contributed by atoms with Crippen molar-refractivity contribution < 1.29 is 4.42 Å². The summed E-state index contributed by atoms with van der Waals surface area (Å²) < 4.78 is 5.63. The average Bonchev–Trinajstić information content (AvgIpc) is 3.00. The maximum Gasteiger partial charge on any atom is 0.118 e. The van der Waals surface area contributed by atoms with Crippen LogP contribution in [-0.4, -0.2) is 42.0 Å². The second kappa shape index (κ2) is 6.55. The Morgan fingerprint density at radius 2 is 2.16 bits per heavy atom. The van der Waals surface area contributed by atoms with Crippen LogP contribution in [0.3, 0.4) is 0 Å². The van der Waals surface area contributed by atoms with Gasteiger partial charge >= 0.3 is 0 Å². The summed E-state index contributed by atoms with van der Waals surface area (Å²) >= 11 is 0. The van der Waals surface area contributed by atoms with Crippen molar-refractivity contribution in [3.63, 3.8) is 0 Å². The lowest BCUT2D eigenvalue weighted by molar-refractivity contribution is 0.209. The molecule has 2 N–H and O–H groups in total. The minimum atomic E-state index is 0.489. The molecule has 1 atom stereocenters. The molecule has 2 heterocycles. The van der Waals surface area contributed by atoms with Crippen LogP contribution in [0.1, 0.15) is 37.4 Å². The van der Waals surface area contributed by atoms with Gasteiger partial charge in [0.05, 0.1) is 6.54 Å². The number of hydrogen-bond acceptors (Lipinski definition) is 4. The third-order valence-corrected chi connectivity index (χ3v) is 4.24. The van der Waals surface area contributed by atoms with E-state index in [4.69, 9.17) is 10.2 Å². The zero-order valence-corrected chi connectivity index (χ0v) is 12.5. The maximum atomic E-state index is 5.63. The highest BCUT2D eigenvalue weighted by Gasteiger charge is 2.26.